The molecule has 2 aliphatic rings. The van der Waals surface area contributed by atoms with E-state index >= 15 is 0 Å². The third-order valence-electron chi connectivity index (χ3n) is 3.99. The first kappa shape index (κ1) is 20.6. The van der Waals surface area contributed by atoms with Gasteiger partial charge in [-0.2, -0.15) is 0 Å². The largest absolute Gasteiger partial charge is 0.465 e. The zero-order valence-corrected chi connectivity index (χ0v) is 17.2. The van der Waals surface area contributed by atoms with Crippen molar-refractivity contribution < 1.29 is 22.4 Å². The molecule has 0 saturated carbocycles. The molecule has 1 fully saturated rings. The summed E-state index contributed by atoms with van der Waals surface area (Å²) in [6, 6.07) is 3.09. The van der Waals surface area contributed by atoms with E-state index in [4.69, 9.17) is 16.6 Å². The Kier molecular flexibility index (Phi) is 6.53. The molecule has 1 saturated heterocycles. The van der Waals surface area contributed by atoms with E-state index in [9.17, 15) is 18.0 Å². The molecule has 3 rings (SSSR count). The van der Waals surface area contributed by atoms with Crippen LogP contribution in [0, 0.1) is 0 Å². The Hall–Kier alpha value is -2.17. The normalized spacial score (nSPS) is 22.6. The van der Waals surface area contributed by atoms with E-state index in [1.165, 1.54) is 22.7 Å². The second-order valence-electron chi connectivity index (χ2n) is 6.17. The number of sulfone groups is 1. The number of hydrogen-bond acceptors (Lipinski definition) is 7. The van der Waals surface area contributed by atoms with Crippen molar-refractivity contribution in [2.24, 2.45) is 0 Å². The summed E-state index contributed by atoms with van der Waals surface area (Å²) in [6.45, 7) is 0.329. The van der Waals surface area contributed by atoms with Gasteiger partial charge in [-0.15, -0.1) is 0 Å². The van der Waals surface area contributed by atoms with Crippen molar-refractivity contribution in [3.05, 3.63) is 52.7 Å². The molecule has 1 aromatic rings. The summed E-state index contributed by atoms with van der Waals surface area (Å²) in [7, 11) is -3.20. The van der Waals surface area contributed by atoms with Gasteiger partial charge in [0.2, 0.25) is 5.91 Å². The minimum atomic E-state index is -3.20. The van der Waals surface area contributed by atoms with Gasteiger partial charge in [-0.3, -0.25) is 14.5 Å². The molecule has 2 aliphatic heterocycles. The third-order valence-corrected chi connectivity index (χ3v) is 6.78. The van der Waals surface area contributed by atoms with Gasteiger partial charge < -0.3 is 9.73 Å². The van der Waals surface area contributed by atoms with Crippen LogP contribution in [-0.4, -0.2) is 47.8 Å². The molecular formula is C18H18N2O5S3. The number of rotatable bonds is 7. The SMILES string of the molecule is O=C(CCCN1C(=O)C(=CC=Cc2ccco2)SC1=S)NC1C=CS(=O)(=O)C1. The van der Waals surface area contributed by atoms with Crippen molar-refractivity contribution in [2.75, 3.05) is 12.3 Å². The van der Waals surface area contributed by atoms with E-state index in [1.54, 1.807) is 36.6 Å². The van der Waals surface area contributed by atoms with E-state index in [2.05, 4.69) is 5.32 Å². The Labute approximate surface area is 172 Å². The second kappa shape index (κ2) is 8.89. The molecule has 0 aliphatic carbocycles. The Morgan fingerprint density at radius 2 is 2.29 bits per heavy atom. The van der Waals surface area contributed by atoms with Gasteiger partial charge in [0.1, 0.15) is 10.1 Å². The van der Waals surface area contributed by atoms with Crippen LogP contribution in [0.5, 0.6) is 0 Å². The zero-order valence-electron chi connectivity index (χ0n) is 14.7. The molecule has 0 spiro atoms. The predicted octanol–water partition coefficient (Wildman–Crippen LogP) is 2.24. The first-order valence-corrected chi connectivity index (χ1v) is 11.4. The van der Waals surface area contributed by atoms with Crippen LogP contribution in [0.25, 0.3) is 6.08 Å². The quantitative estimate of drug-likeness (QED) is 0.515. The number of allylic oxidation sites excluding steroid dienone is 2. The van der Waals surface area contributed by atoms with Crippen molar-refractivity contribution in [1.82, 2.24) is 10.2 Å². The van der Waals surface area contributed by atoms with Gasteiger partial charge in [0.05, 0.1) is 23.0 Å². The van der Waals surface area contributed by atoms with Crippen molar-refractivity contribution in [3.8, 4) is 0 Å². The van der Waals surface area contributed by atoms with Crippen LogP contribution in [0.4, 0.5) is 0 Å². The lowest BCUT2D eigenvalue weighted by atomic mass is 10.2. The van der Waals surface area contributed by atoms with Gasteiger partial charge >= 0.3 is 0 Å². The number of amides is 2. The van der Waals surface area contributed by atoms with Crippen LogP contribution in [-0.2, 0) is 19.4 Å². The van der Waals surface area contributed by atoms with Gasteiger partial charge in [0.25, 0.3) is 5.91 Å². The summed E-state index contributed by atoms with van der Waals surface area (Å²) >= 11 is 6.47. The number of nitrogens with one attached hydrogen (secondary N) is 1. The summed E-state index contributed by atoms with van der Waals surface area (Å²) in [5.74, 6) is 0.130. The van der Waals surface area contributed by atoms with Crippen molar-refractivity contribution in [1.29, 1.82) is 0 Å². The van der Waals surface area contributed by atoms with Gasteiger partial charge in [0.15, 0.2) is 9.84 Å². The maximum Gasteiger partial charge on any atom is 0.266 e. The standard InChI is InChI=1S/C18H18N2O5S3/c21-16(19-13-8-11-28(23,24)12-13)7-2-9-20-17(22)15(27-18(20)26)6-1-4-14-5-3-10-25-14/h1,3-6,8,10-11,13H,2,7,9,12H2,(H,19,21). The summed E-state index contributed by atoms with van der Waals surface area (Å²) < 4.78 is 28.3. The number of carbonyl (C=O) groups is 2. The lowest BCUT2D eigenvalue weighted by molar-refractivity contribution is -0.124. The molecule has 2 amide bonds. The highest BCUT2D eigenvalue weighted by Crippen LogP contribution is 2.31. The van der Waals surface area contributed by atoms with Gasteiger partial charge in [-0.1, -0.05) is 30.1 Å². The maximum absolute atomic E-state index is 12.4. The van der Waals surface area contributed by atoms with Crippen molar-refractivity contribution in [2.45, 2.75) is 18.9 Å². The number of thiocarbonyl (C=S) groups is 1. The number of hydrogen-bond donors (Lipinski definition) is 1. The Balaban J connectivity index is 1.45. The van der Waals surface area contributed by atoms with Crippen molar-refractivity contribution >= 4 is 56.0 Å². The Bertz CT molecular complexity index is 961. The number of thioether (sulfide) groups is 1. The van der Waals surface area contributed by atoms with Crippen LogP contribution in [0.3, 0.4) is 0 Å². The van der Waals surface area contributed by atoms with Crippen LogP contribution < -0.4 is 5.32 Å². The lowest BCUT2D eigenvalue weighted by Gasteiger charge is -2.15. The average Bonchev–Trinajstić information content (AvgIpc) is 3.32. The fraction of sp³-hybridized carbons (Fsp3) is 0.278. The van der Waals surface area contributed by atoms with Crippen LogP contribution >= 0.6 is 24.0 Å². The van der Waals surface area contributed by atoms with Crippen LogP contribution in [0.1, 0.15) is 18.6 Å². The molecule has 148 valence electrons. The Morgan fingerprint density at radius 3 is 2.96 bits per heavy atom. The van der Waals surface area contributed by atoms with Crippen LogP contribution in [0.15, 0.2) is 51.4 Å². The molecule has 1 N–H and O–H groups in total. The molecule has 0 bridgehead atoms. The monoisotopic (exact) mass is 438 g/mol. The number of nitrogens with zero attached hydrogens (tertiary/aromatic N) is 1. The van der Waals surface area contributed by atoms with Gasteiger partial charge in [-0.25, -0.2) is 8.42 Å². The smallest absolute Gasteiger partial charge is 0.266 e. The minimum absolute atomic E-state index is 0.107. The van der Waals surface area contributed by atoms with E-state index in [0.29, 0.717) is 28.0 Å². The summed E-state index contributed by atoms with van der Waals surface area (Å²) in [6.07, 6.45) is 8.79. The third kappa shape index (κ3) is 5.43. The lowest BCUT2D eigenvalue weighted by Crippen LogP contribution is -2.36. The van der Waals surface area contributed by atoms with Gasteiger partial charge in [-0.05, 0) is 36.8 Å². The zero-order chi connectivity index (χ0) is 20.1. The first-order chi connectivity index (χ1) is 13.3. The molecule has 7 nitrogen and oxygen atoms in total. The molecule has 0 aromatic carbocycles. The highest BCUT2D eigenvalue weighted by Gasteiger charge is 2.31. The maximum atomic E-state index is 12.4. The van der Waals surface area contributed by atoms with E-state index in [-0.39, 0.29) is 24.0 Å². The second-order valence-corrected chi connectivity index (χ2v) is 9.77. The van der Waals surface area contributed by atoms with E-state index < -0.39 is 15.9 Å². The summed E-state index contributed by atoms with van der Waals surface area (Å²) in [5, 5.41) is 3.77. The molecule has 1 unspecified atom stereocenters. The fourth-order valence-corrected chi connectivity index (χ4v) is 5.16. The van der Waals surface area contributed by atoms with E-state index in [1.807, 2.05) is 0 Å². The molecular weight excluding hydrogens is 420 g/mol. The summed E-state index contributed by atoms with van der Waals surface area (Å²) in [4.78, 5) is 26.4. The van der Waals surface area contributed by atoms with Gasteiger partial charge in [0, 0.05) is 18.4 Å². The topological polar surface area (TPSA) is 96.7 Å². The number of furan rings is 1. The highest BCUT2D eigenvalue weighted by molar-refractivity contribution is 8.26. The van der Waals surface area contributed by atoms with E-state index in [0.717, 1.165) is 5.41 Å². The van der Waals surface area contributed by atoms with Crippen molar-refractivity contribution in [3.63, 3.8) is 0 Å². The average molecular weight is 439 g/mol. The fourth-order valence-electron chi connectivity index (χ4n) is 2.67. The van der Waals surface area contributed by atoms with Crippen LogP contribution in [0.2, 0.25) is 0 Å². The highest BCUT2D eigenvalue weighted by atomic mass is 32.2. The Morgan fingerprint density at radius 1 is 1.46 bits per heavy atom. The minimum Gasteiger partial charge on any atom is -0.465 e. The molecule has 1 aromatic heterocycles. The first-order valence-electron chi connectivity index (χ1n) is 8.50. The molecule has 3 heterocycles. The molecule has 1 atom stereocenters. The molecule has 0 radical (unpaired) electrons. The molecule has 10 heteroatoms. The number of carbonyl (C=O) groups excluding carboxylic acids is 2. The molecule has 28 heavy (non-hydrogen) atoms. The predicted molar refractivity (Wildman–Crippen MR) is 112 cm³/mol. The summed E-state index contributed by atoms with van der Waals surface area (Å²) in [5.41, 5.74) is 0.